The molecule has 0 bridgehead atoms. The van der Waals surface area contributed by atoms with Gasteiger partial charge in [-0.05, 0) is 31.0 Å². The van der Waals surface area contributed by atoms with E-state index in [2.05, 4.69) is 10.3 Å². The molecule has 1 aromatic heterocycles. The smallest absolute Gasteiger partial charge is 0.409 e. The lowest BCUT2D eigenvalue weighted by Gasteiger charge is -2.31. The number of anilines is 1. The largest absolute Gasteiger partial charge is 0.453 e. The molecule has 1 saturated heterocycles. The minimum atomic E-state index is -0.416. The van der Waals surface area contributed by atoms with Crippen LogP contribution in [0.1, 0.15) is 12.8 Å². The Balaban J connectivity index is 1.67. The van der Waals surface area contributed by atoms with Gasteiger partial charge in [0.25, 0.3) is 5.69 Å². The number of carbonyl (C=O) groups excluding carboxylic acids is 1. The number of amides is 1. The number of benzene rings is 1. The molecule has 1 N–H and O–H groups in total. The summed E-state index contributed by atoms with van der Waals surface area (Å²) in [6.07, 6.45) is 1.34. The maximum Gasteiger partial charge on any atom is 0.409 e. The standard InChI is InChI=1S/C16H18N4O4/c1-24-16(21)19-8-6-12(7-9-19)17-15-5-2-11-10-13(20(22)23)3-4-14(11)18-15/h2-5,10,12H,6-9H2,1H3,(H,17,18). The third-order valence-corrected chi connectivity index (χ3v) is 4.16. The summed E-state index contributed by atoms with van der Waals surface area (Å²) in [4.78, 5) is 28.1. The number of likely N-dealkylation sites (tertiary alicyclic amines) is 1. The number of nitro groups is 1. The summed E-state index contributed by atoms with van der Waals surface area (Å²) in [5.41, 5.74) is 0.762. The second-order valence-electron chi connectivity index (χ2n) is 5.71. The number of non-ortho nitro benzene ring substituents is 1. The minimum absolute atomic E-state index is 0.0557. The van der Waals surface area contributed by atoms with Crippen LogP contribution in [-0.4, -0.2) is 47.1 Å². The van der Waals surface area contributed by atoms with Gasteiger partial charge in [0.2, 0.25) is 0 Å². The van der Waals surface area contributed by atoms with Crippen molar-refractivity contribution in [3.8, 4) is 0 Å². The summed E-state index contributed by atoms with van der Waals surface area (Å²) < 4.78 is 4.72. The van der Waals surface area contributed by atoms with Crippen molar-refractivity contribution in [1.29, 1.82) is 0 Å². The van der Waals surface area contributed by atoms with Crippen LogP contribution in [0, 0.1) is 10.1 Å². The topological polar surface area (TPSA) is 97.6 Å². The number of pyridine rings is 1. The average molecular weight is 330 g/mol. The SMILES string of the molecule is COC(=O)N1CCC(Nc2ccc3cc([N+](=O)[O-])ccc3n2)CC1. The van der Waals surface area contributed by atoms with Crippen LogP contribution in [0.2, 0.25) is 0 Å². The highest BCUT2D eigenvalue weighted by Gasteiger charge is 2.23. The van der Waals surface area contributed by atoms with Crippen molar-refractivity contribution in [2.24, 2.45) is 0 Å². The van der Waals surface area contributed by atoms with Crippen LogP contribution in [0.4, 0.5) is 16.3 Å². The van der Waals surface area contributed by atoms with Crippen molar-refractivity contribution in [3.05, 3.63) is 40.4 Å². The Labute approximate surface area is 138 Å². The molecule has 0 spiro atoms. The van der Waals surface area contributed by atoms with Gasteiger partial charge in [-0.25, -0.2) is 9.78 Å². The lowest BCUT2D eigenvalue weighted by molar-refractivity contribution is -0.384. The number of piperidine rings is 1. The molecule has 0 radical (unpaired) electrons. The highest BCUT2D eigenvalue weighted by atomic mass is 16.6. The van der Waals surface area contributed by atoms with Crippen LogP contribution in [0.15, 0.2) is 30.3 Å². The quantitative estimate of drug-likeness (QED) is 0.686. The fourth-order valence-electron chi connectivity index (χ4n) is 2.85. The average Bonchev–Trinajstić information content (AvgIpc) is 2.61. The number of fused-ring (bicyclic) bond motifs is 1. The van der Waals surface area contributed by atoms with Gasteiger partial charge in [-0.2, -0.15) is 0 Å². The number of aromatic nitrogens is 1. The molecule has 1 aliphatic rings. The first-order valence-corrected chi connectivity index (χ1v) is 7.71. The highest BCUT2D eigenvalue weighted by molar-refractivity contribution is 5.82. The molecule has 8 nitrogen and oxygen atoms in total. The van der Waals surface area contributed by atoms with E-state index in [1.54, 1.807) is 11.0 Å². The van der Waals surface area contributed by atoms with Crippen molar-refractivity contribution in [3.63, 3.8) is 0 Å². The van der Waals surface area contributed by atoms with E-state index in [-0.39, 0.29) is 17.8 Å². The number of hydrogen-bond donors (Lipinski definition) is 1. The van der Waals surface area contributed by atoms with E-state index in [0.29, 0.717) is 18.6 Å². The van der Waals surface area contributed by atoms with Gasteiger partial charge in [-0.3, -0.25) is 10.1 Å². The fourth-order valence-corrected chi connectivity index (χ4v) is 2.85. The van der Waals surface area contributed by atoms with E-state index in [9.17, 15) is 14.9 Å². The van der Waals surface area contributed by atoms with Gasteiger partial charge in [0.05, 0.1) is 17.5 Å². The van der Waals surface area contributed by atoms with Crippen LogP contribution in [0.5, 0.6) is 0 Å². The molecule has 1 amide bonds. The molecule has 0 aliphatic carbocycles. The molecule has 24 heavy (non-hydrogen) atoms. The first-order valence-electron chi connectivity index (χ1n) is 7.71. The Bertz CT molecular complexity index is 772. The number of hydrogen-bond acceptors (Lipinski definition) is 6. The predicted octanol–water partition coefficient (Wildman–Crippen LogP) is 2.79. The number of rotatable bonds is 3. The van der Waals surface area contributed by atoms with Crippen LogP contribution >= 0.6 is 0 Å². The van der Waals surface area contributed by atoms with Crippen molar-refractivity contribution in [2.75, 3.05) is 25.5 Å². The first-order chi connectivity index (χ1) is 11.6. The minimum Gasteiger partial charge on any atom is -0.453 e. The first kappa shape index (κ1) is 16.0. The van der Waals surface area contributed by atoms with Gasteiger partial charge in [-0.1, -0.05) is 0 Å². The zero-order chi connectivity index (χ0) is 17.1. The lowest BCUT2D eigenvalue weighted by atomic mass is 10.1. The monoisotopic (exact) mass is 330 g/mol. The van der Waals surface area contributed by atoms with E-state index in [1.165, 1.54) is 19.2 Å². The molecule has 1 aromatic carbocycles. The summed E-state index contributed by atoms with van der Waals surface area (Å²) >= 11 is 0. The van der Waals surface area contributed by atoms with Crippen LogP contribution < -0.4 is 5.32 Å². The summed E-state index contributed by atoms with van der Waals surface area (Å²) in [5, 5.41) is 14.9. The van der Waals surface area contributed by atoms with Gasteiger partial charge in [0, 0.05) is 36.7 Å². The molecule has 1 fully saturated rings. The van der Waals surface area contributed by atoms with Crippen molar-refractivity contribution >= 4 is 28.5 Å². The van der Waals surface area contributed by atoms with Crippen LogP contribution in [0.3, 0.4) is 0 Å². The molecule has 2 heterocycles. The number of methoxy groups -OCH3 is 1. The van der Waals surface area contributed by atoms with E-state index >= 15 is 0 Å². The van der Waals surface area contributed by atoms with Crippen molar-refractivity contribution in [1.82, 2.24) is 9.88 Å². The Morgan fingerprint density at radius 1 is 1.33 bits per heavy atom. The van der Waals surface area contributed by atoms with Gasteiger partial charge < -0.3 is 15.0 Å². The third-order valence-electron chi connectivity index (χ3n) is 4.16. The molecular formula is C16H18N4O4. The maximum atomic E-state index is 11.5. The summed E-state index contributed by atoms with van der Waals surface area (Å²) in [7, 11) is 1.38. The number of nitro benzene ring substituents is 1. The number of nitrogens with zero attached hydrogens (tertiary/aromatic N) is 3. The van der Waals surface area contributed by atoms with Crippen LogP contribution in [-0.2, 0) is 4.74 Å². The molecule has 2 aromatic rings. The van der Waals surface area contributed by atoms with Gasteiger partial charge in [0.1, 0.15) is 5.82 Å². The summed E-state index contributed by atoms with van der Waals surface area (Å²) in [5.74, 6) is 0.730. The Kier molecular flexibility index (Phi) is 4.45. The Morgan fingerprint density at radius 2 is 2.08 bits per heavy atom. The molecule has 0 saturated carbocycles. The number of nitrogens with one attached hydrogen (secondary N) is 1. The third kappa shape index (κ3) is 3.37. The van der Waals surface area contributed by atoms with E-state index in [0.717, 1.165) is 24.0 Å². The van der Waals surface area contributed by atoms with E-state index < -0.39 is 4.92 Å². The maximum absolute atomic E-state index is 11.5. The normalized spacial score (nSPS) is 15.3. The second-order valence-corrected chi connectivity index (χ2v) is 5.71. The second kappa shape index (κ2) is 6.69. The fraction of sp³-hybridized carbons (Fsp3) is 0.375. The molecular weight excluding hydrogens is 312 g/mol. The van der Waals surface area contributed by atoms with Crippen molar-refractivity contribution < 1.29 is 14.5 Å². The highest BCUT2D eigenvalue weighted by Crippen LogP contribution is 2.22. The molecule has 126 valence electrons. The lowest BCUT2D eigenvalue weighted by Crippen LogP contribution is -2.42. The van der Waals surface area contributed by atoms with E-state index in [1.807, 2.05) is 12.1 Å². The number of carbonyl (C=O) groups is 1. The van der Waals surface area contributed by atoms with Gasteiger partial charge in [-0.15, -0.1) is 0 Å². The Hall–Kier alpha value is -2.90. The molecule has 1 aliphatic heterocycles. The predicted molar refractivity (Wildman–Crippen MR) is 89.0 cm³/mol. The van der Waals surface area contributed by atoms with Crippen molar-refractivity contribution in [2.45, 2.75) is 18.9 Å². The van der Waals surface area contributed by atoms with Gasteiger partial charge in [0.15, 0.2) is 0 Å². The molecule has 3 rings (SSSR count). The van der Waals surface area contributed by atoms with Crippen LogP contribution in [0.25, 0.3) is 10.9 Å². The zero-order valence-electron chi connectivity index (χ0n) is 13.3. The molecule has 8 heteroatoms. The number of ether oxygens (including phenoxy) is 1. The molecule has 0 unspecified atom stereocenters. The Morgan fingerprint density at radius 3 is 2.75 bits per heavy atom. The summed E-state index contributed by atoms with van der Waals surface area (Å²) in [6, 6.07) is 8.49. The van der Waals surface area contributed by atoms with E-state index in [4.69, 9.17) is 4.74 Å². The zero-order valence-corrected chi connectivity index (χ0v) is 13.3. The molecule has 0 atom stereocenters. The summed E-state index contributed by atoms with van der Waals surface area (Å²) in [6.45, 7) is 1.29. The van der Waals surface area contributed by atoms with Gasteiger partial charge >= 0.3 is 6.09 Å².